The van der Waals surface area contributed by atoms with Crippen molar-refractivity contribution in [3.05, 3.63) is 113 Å². The first-order valence-electron chi connectivity index (χ1n) is 13.1. The Kier molecular flexibility index (Phi) is 7.07. The van der Waals surface area contributed by atoms with Gasteiger partial charge in [0.1, 0.15) is 11.7 Å². The Hall–Kier alpha value is -5.55. The maximum Gasteiger partial charge on any atom is 0.338 e. The number of rotatable bonds is 8. The second-order valence-electron chi connectivity index (χ2n) is 9.77. The van der Waals surface area contributed by atoms with Crippen LogP contribution in [0.2, 0.25) is 0 Å². The number of hydrazine groups is 1. The predicted molar refractivity (Wildman–Crippen MR) is 149 cm³/mol. The molecule has 1 aromatic heterocycles. The molecule has 3 amide bonds. The van der Waals surface area contributed by atoms with Gasteiger partial charge >= 0.3 is 5.97 Å². The number of fused-ring (bicyclic) bond motifs is 3. The van der Waals surface area contributed by atoms with Gasteiger partial charge in [0.25, 0.3) is 11.8 Å². The van der Waals surface area contributed by atoms with E-state index in [1.165, 1.54) is 48.4 Å². The highest BCUT2D eigenvalue weighted by molar-refractivity contribution is 6.22. The third-order valence-electron chi connectivity index (χ3n) is 7.11. The monoisotopic (exact) mass is 561 g/mol. The number of esters is 1. The number of carbonyl (C=O) groups excluding carboxylic acids is 5. The minimum Gasteiger partial charge on any atom is -0.454 e. The van der Waals surface area contributed by atoms with Crippen molar-refractivity contribution < 1.29 is 28.7 Å². The van der Waals surface area contributed by atoms with E-state index in [-0.39, 0.29) is 29.1 Å². The third kappa shape index (κ3) is 5.16. The van der Waals surface area contributed by atoms with Crippen LogP contribution >= 0.6 is 0 Å². The number of amides is 3. The van der Waals surface area contributed by atoms with Crippen molar-refractivity contribution >= 4 is 35.2 Å². The van der Waals surface area contributed by atoms with E-state index in [0.717, 1.165) is 28.0 Å². The first kappa shape index (κ1) is 26.7. The molecule has 1 saturated heterocycles. The number of hydrogen-bond donors (Lipinski definition) is 2. The lowest BCUT2D eigenvalue weighted by Gasteiger charge is -2.16. The Labute approximate surface area is 239 Å². The first-order chi connectivity index (χ1) is 20.4. The third-order valence-corrected chi connectivity index (χ3v) is 7.11. The zero-order chi connectivity index (χ0) is 29.2. The standard InChI is InChI=1S/C31H23N5O6/c37-27(20-7-10-24-21(14-20)13-19-3-1-2-4-23(19)24)17-42-31(41)18-5-8-22(9-6-18)36-28(38)15-25(30(36)40)34-35-29(39)26-16-32-11-12-33-26/h1-12,14,16,25,34H,13,15,17H2,(H,35,39). The van der Waals surface area contributed by atoms with Gasteiger partial charge in [-0.05, 0) is 59.0 Å². The van der Waals surface area contributed by atoms with Crippen LogP contribution in [0.5, 0.6) is 0 Å². The summed E-state index contributed by atoms with van der Waals surface area (Å²) in [6.45, 7) is -0.428. The number of carbonyl (C=O) groups is 5. The molecule has 1 aliphatic heterocycles. The zero-order valence-electron chi connectivity index (χ0n) is 22.1. The zero-order valence-corrected chi connectivity index (χ0v) is 22.1. The minimum absolute atomic E-state index is 0.0426. The van der Waals surface area contributed by atoms with Crippen molar-refractivity contribution in [3.63, 3.8) is 0 Å². The number of ether oxygens (including phenoxy) is 1. The molecule has 1 fully saturated rings. The van der Waals surface area contributed by atoms with Gasteiger partial charge in [0, 0.05) is 18.0 Å². The van der Waals surface area contributed by atoms with E-state index in [9.17, 15) is 24.0 Å². The van der Waals surface area contributed by atoms with Crippen molar-refractivity contribution in [1.29, 1.82) is 0 Å². The van der Waals surface area contributed by atoms with Crippen LogP contribution in [-0.4, -0.2) is 52.1 Å². The number of nitrogens with one attached hydrogen (secondary N) is 2. The molecule has 6 rings (SSSR count). The van der Waals surface area contributed by atoms with Gasteiger partial charge in [-0.25, -0.2) is 20.1 Å². The molecule has 2 heterocycles. The number of ketones is 1. The second kappa shape index (κ2) is 11.1. The molecule has 3 aromatic carbocycles. The average molecular weight is 562 g/mol. The van der Waals surface area contributed by atoms with E-state index in [1.807, 2.05) is 24.3 Å². The predicted octanol–water partition coefficient (Wildman–Crippen LogP) is 2.65. The van der Waals surface area contributed by atoms with Gasteiger partial charge in [-0.1, -0.05) is 36.4 Å². The highest BCUT2D eigenvalue weighted by atomic mass is 16.5. The summed E-state index contributed by atoms with van der Waals surface area (Å²) in [5.74, 6) is -2.70. The summed E-state index contributed by atoms with van der Waals surface area (Å²) in [5, 5.41) is 0. The van der Waals surface area contributed by atoms with E-state index in [1.54, 1.807) is 6.07 Å². The summed E-state index contributed by atoms with van der Waals surface area (Å²) >= 11 is 0. The van der Waals surface area contributed by atoms with Crippen LogP contribution in [0.3, 0.4) is 0 Å². The summed E-state index contributed by atoms with van der Waals surface area (Å²) in [7, 11) is 0. The number of imide groups is 1. The maximum absolute atomic E-state index is 12.9. The summed E-state index contributed by atoms with van der Waals surface area (Å²) in [5.41, 5.74) is 10.4. The van der Waals surface area contributed by atoms with Crippen LogP contribution in [0, 0.1) is 0 Å². The molecule has 0 radical (unpaired) electrons. The van der Waals surface area contributed by atoms with Crippen LogP contribution in [0.1, 0.15) is 48.8 Å². The molecular formula is C31H23N5O6. The average Bonchev–Trinajstić information content (AvgIpc) is 3.54. The Morgan fingerprint density at radius 2 is 1.67 bits per heavy atom. The first-order valence-corrected chi connectivity index (χ1v) is 13.1. The number of aromatic nitrogens is 2. The molecule has 1 atom stereocenters. The van der Waals surface area contributed by atoms with Gasteiger partial charge in [0.2, 0.25) is 5.91 Å². The number of hydrogen-bond acceptors (Lipinski definition) is 9. The van der Waals surface area contributed by atoms with Crippen molar-refractivity contribution in [2.75, 3.05) is 11.5 Å². The summed E-state index contributed by atoms with van der Waals surface area (Å²) < 4.78 is 5.25. The molecule has 11 nitrogen and oxygen atoms in total. The van der Waals surface area contributed by atoms with Gasteiger partial charge < -0.3 is 4.74 Å². The van der Waals surface area contributed by atoms with Gasteiger partial charge in [0.05, 0.1) is 23.9 Å². The highest BCUT2D eigenvalue weighted by Gasteiger charge is 2.40. The fraction of sp³-hybridized carbons (Fsp3) is 0.129. The quantitative estimate of drug-likeness (QED) is 0.126. The maximum atomic E-state index is 12.9. The van der Waals surface area contributed by atoms with Gasteiger partial charge in [-0.15, -0.1) is 0 Å². The molecule has 0 spiro atoms. The van der Waals surface area contributed by atoms with E-state index in [0.29, 0.717) is 5.56 Å². The van der Waals surface area contributed by atoms with Crippen LogP contribution < -0.4 is 15.8 Å². The van der Waals surface area contributed by atoms with Crippen LogP contribution in [-0.2, 0) is 20.7 Å². The topological polar surface area (TPSA) is 148 Å². The van der Waals surface area contributed by atoms with E-state index in [4.69, 9.17) is 4.74 Å². The fourth-order valence-corrected chi connectivity index (χ4v) is 5.01. The molecule has 4 aromatic rings. The number of benzene rings is 3. The molecule has 2 aliphatic rings. The normalized spacial score (nSPS) is 15.2. The van der Waals surface area contributed by atoms with Crippen molar-refractivity contribution in [3.8, 4) is 11.1 Å². The van der Waals surface area contributed by atoms with Gasteiger partial charge in [-0.3, -0.25) is 29.6 Å². The van der Waals surface area contributed by atoms with Crippen LogP contribution in [0.25, 0.3) is 11.1 Å². The fourth-order valence-electron chi connectivity index (χ4n) is 5.01. The second-order valence-corrected chi connectivity index (χ2v) is 9.77. The molecule has 208 valence electrons. The number of Topliss-reactive ketones (excluding diaryl/α,β-unsaturated/α-hetero) is 1. The van der Waals surface area contributed by atoms with Gasteiger partial charge in [-0.2, -0.15) is 0 Å². The SMILES string of the molecule is O=C(COC(=O)c1ccc(N2C(=O)CC(NNC(=O)c3cnccn3)C2=O)cc1)c1ccc2c(c1)Cc1ccccc1-2. The lowest BCUT2D eigenvalue weighted by atomic mass is 10.0. The van der Waals surface area contributed by atoms with Crippen molar-refractivity contribution in [2.24, 2.45) is 0 Å². The van der Waals surface area contributed by atoms with E-state index >= 15 is 0 Å². The lowest BCUT2D eigenvalue weighted by Crippen LogP contribution is -2.48. The molecule has 0 bridgehead atoms. The number of nitrogens with zero attached hydrogens (tertiary/aromatic N) is 3. The molecule has 2 N–H and O–H groups in total. The summed E-state index contributed by atoms with van der Waals surface area (Å²) in [4.78, 5) is 71.6. The summed E-state index contributed by atoms with van der Waals surface area (Å²) in [6, 6.07) is 18.3. The molecular weight excluding hydrogens is 538 g/mol. The Morgan fingerprint density at radius 1 is 0.905 bits per heavy atom. The van der Waals surface area contributed by atoms with Crippen LogP contribution in [0.15, 0.2) is 85.3 Å². The summed E-state index contributed by atoms with van der Waals surface area (Å²) in [6.07, 6.45) is 4.60. The number of anilines is 1. The Bertz CT molecular complexity index is 1740. The van der Waals surface area contributed by atoms with Crippen LogP contribution in [0.4, 0.5) is 5.69 Å². The molecule has 1 unspecified atom stereocenters. The Morgan fingerprint density at radius 3 is 2.45 bits per heavy atom. The molecule has 11 heteroatoms. The minimum atomic E-state index is -0.984. The van der Waals surface area contributed by atoms with E-state index < -0.39 is 36.3 Å². The highest BCUT2D eigenvalue weighted by Crippen LogP contribution is 2.36. The lowest BCUT2D eigenvalue weighted by molar-refractivity contribution is -0.121. The van der Waals surface area contributed by atoms with Crippen molar-refractivity contribution in [2.45, 2.75) is 18.9 Å². The van der Waals surface area contributed by atoms with E-state index in [2.05, 4.69) is 33.0 Å². The smallest absolute Gasteiger partial charge is 0.338 e. The Balaban J connectivity index is 1.04. The molecule has 42 heavy (non-hydrogen) atoms. The molecule has 1 aliphatic carbocycles. The van der Waals surface area contributed by atoms with Crippen molar-refractivity contribution in [1.82, 2.24) is 20.8 Å². The van der Waals surface area contributed by atoms with Gasteiger partial charge in [0.15, 0.2) is 12.4 Å². The largest absolute Gasteiger partial charge is 0.454 e. The molecule has 0 saturated carbocycles.